The highest BCUT2D eigenvalue weighted by Crippen LogP contribution is 2.30. The van der Waals surface area contributed by atoms with Gasteiger partial charge in [0, 0.05) is 30.5 Å². The summed E-state index contributed by atoms with van der Waals surface area (Å²) in [6, 6.07) is 0. The van der Waals surface area contributed by atoms with Crippen LogP contribution in [0.4, 0.5) is 0 Å². The summed E-state index contributed by atoms with van der Waals surface area (Å²) < 4.78 is 17.6. The van der Waals surface area contributed by atoms with Gasteiger partial charge in [-0.05, 0) is 0 Å². The molecule has 0 aliphatic carbocycles. The molecule has 76 valence electrons. The van der Waals surface area contributed by atoms with Crippen molar-refractivity contribution < 1.29 is 14.2 Å². The monoisotopic (exact) mass is 298 g/mol. The lowest BCUT2D eigenvalue weighted by molar-refractivity contribution is -0.204. The minimum Gasteiger partial charge on any atom is -0.381 e. The lowest BCUT2D eigenvalue weighted by Gasteiger charge is -2.41. The van der Waals surface area contributed by atoms with E-state index >= 15 is 0 Å². The van der Waals surface area contributed by atoms with Gasteiger partial charge in [-0.15, -0.1) is 0 Å². The van der Waals surface area contributed by atoms with E-state index in [-0.39, 0.29) is 5.60 Å². The zero-order valence-electron chi connectivity index (χ0n) is 7.63. The Hall–Kier alpha value is 0.610. The summed E-state index contributed by atoms with van der Waals surface area (Å²) in [4.78, 5) is 0. The van der Waals surface area contributed by atoms with Crippen molar-refractivity contribution in [3.8, 4) is 0 Å². The topological polar surface area (TPSA) is 27.7 Å². The van der Waals surface area contributed by atoms with E-state index in [2.05, 4.69) is 22.6 Å². The Bertz CT molecular complexity index is 164. The summed E-state index contributed by atoms with van der Waals surface area (Å²) in [5.41, 5.74) is 0.0766. The zero-order valence-corrected chi connectivity index (χ0v) is 9.79. The Labute approximate surface area is 92.2 Å². The van der Waals surface area contributed by atoms with Crippen molar-refractivity contribution >= 4 is 22.6 Å². The predicted octanol–water partition coefficient (Wildman–Crippen LogP) is 1.39. The highest BCUT2D eigenvalue weighted by molar-refractivity contribution is 14.1. The van der Waals surface area contributed by atoms with Gasteiger partial charge >= 0.3 is 0 Å². The number of alkyl halides is 1. The predicted molar refractivity (Wildman–Crippen MR) is 57.4 cm³/mol. The average Bonchev–Trinajstić information content (AvgIpc) is 2.13. The fourth-order valence-electron chi connectivity index (χ4n) is 1.66. The van der Waals surface area contributed by atoms with Gasteiger partial charge in [-0.25, -0.2) is 0 Å². The zero-order chi connectivity index (χ0) is 9.15. The lowest BCUT2D eigenvalue weighted by atomic mass is 9.96. The van der Waals surface area contributed by atoms with Crippen LogP contribution in [0.5, 0.6) is 0 Å². The number of rotatable bonds is 3. The summed E-state index contributed by atoms with van der Waals surface area (Å²) in [6.07, 6.45) is 2.41. The first-order valence-electron chi connectivity index (χ1n) is 4.74. The Morgan fingerprint density at radius 1 is 1.23 bits per heavy atom. The Morgan fingerprint density at radius 3 is 2.38 bits per heavy atom. The third kappa shape index (κ3) is 2.34. The third-order valence-electron chi connectivity index (χ3n) is 2.67. The molecule has 2 aliphatic heterocycles. The molecule has 13 heavy (non-hydrogen) atoms. The Kier molecular flexibility index (Phi) is 3.45. The van der Waals surface area contributed by atoms with Crippen LogP contribution >= 0.6 is 22.6 Å². The summed E-state index contributed by atoms with van der Waals surface area (Å²) >= 11 is 2.41. The molecular weight excluding hydrogens is 283 g/mol. The summed E-state index contributed by atoms with van der Waals surface area (Å²) in [5.74, 6) is 0. The molecule has 2 rings (SSSR count). The molecule has 0 aromatic rings. The van der Waals surface area contributed by atoms with E-state index in [1.54, 1.807) is 0 Å². The molecule has 0 spiro atoms. The van der Waals surface area contributed by atoms with E-state index < -0.39 is 0 Å². The standard InChI is InChI=1S/C9H15IO3/c10-7-9(1-3-11-4-2-9)13-8-5-12-6-8/h8H,1-7H2. The first-order valence-corrected chi connectivity index (χ1v) is 6.26. The second-order valence-corrected chi connectivity index (χ2v) is 4.47. The van der Waals surface area contributed by atoms with Gasteiger partial charge in [-0.3, -0.25) is 0 Å². The van der Waals surface area contributed by atoms with Crippen molar-refractivity contribution in [3.63, 3.8) is 0 Å². The van der Waals surface area contributed by atoms with Crippen LogP contribution in [-0.2, 0) is 14.2 Å². The molecule has 0 atom stereocenters. The Morgan fingerprint density at radius 2 is 1.92 bits per heavy atom. The molecule has 4 heteroatoms. The van der Waals surface area contributed by atoms with Gasteiger partial charge < -0.3 is 14.2 Å². The van der Waals surface area contributed by atoms with Crippen LogP contribution in [-0.4, -0.2) is 42.6 Å². The van der Waals surface area contributed by atoms with Gasteiger partial charge in [0.2, 0.25) is 0 Å². The van der Waals surface area contributed by atoms with Gasteiger partial charge in [0.05, 0.1) is 18.8 Å². The minimum absolute atomic E-state index is 0.0766. The molecule has 0 radical (unpaired) electrons. The molecule has 2 saturated heterocycles. The van der Waals surface area contributed by atoms with Gasteiger partial charge in [-0.1, -0.05) is 22.6 Å². The molecule has 0 aromatic heterocycles. The number of halogens is 1. The van der Waals surface area contributed by atoms with E-state index in [0.717, 1.165) is 43.7 Å². The number of ether oxygens (including phenoxy) is 3. The molecule has 2 fully saturated rings. The second-order valence-electron chi connectivity index (χ2n) is 3.71. The van der Waals surface area contributed by atoms with Crippen LogP contribution in [0.1, 0.15) is 12.8 Å². The summed E-state index contributed by atoms with van der Waals surface area (Å²) in [7, 11) is 0. The quantitative estimate of drug-likeness (QED) is 0.582. The normalized spacial score (nSPS) is 28.4. The molecule has 0 amide bonds. The molecular formula is C9H15IO3. The molecule has 2 aliphatic rings. The van der Waals surface area contributed by atoms with E-state index in [9.17, 15) is 0 Å². The van der Waals surface area contributed by atoms with E-state index in [0.29, 0.717) is 6.10 Å². The maximum absolute atomic E-state index is 6.05. The first kappa shape index (κ1) is 10.1. The minimum atomic E-state index is 0.0766. The highest BCUT2D eigenvalue weighted by Gasteiger charge is 2.37. The molecule has 0 N–H and O–H groups in total. The molecule has 0 saturated carbocycles. The van der Waals surface area contributed by atoms with Crippen molar-refractivity contribution in [2.75, 3.05) is 30.9 Å². The van der Waals surface area contributed by atoms with E-state index in [1.807, 2.05) is 0 Å². The van der Waals surface area contributed by atoms with Gasteiger partial charge in [0.25, 0.3) is 0 Å². The van der Waals surface area contributed by atoms with Crippen LogP contribution in [0.2, 0.25) is 0 Å². The number of hydrogen-bond acceptors (Lipinski definition) is 3. The van der Waals surface area contributed by atoms with Crippen molar-refractivity contribution in [2.45, 2.75) is 24.5 Å². The molecule has 2 heterocycles. The molecule has 3 nitrogen and oxygen atoms in total. The van der Waals surface area contributed by atoms with E-state index in [4.69, 9.17) is 14.2 Å². The molecule has 0 aromatic carbocycles. The van der Waals surface area contributed by atoms with Crippen LogP contribution in [0.3, 0.4) is 0 Å². The van der Waals surface area contributed by atoms with Gasteiger partial charge in [0.15, 0.2) is 0 Å². The highest BCUT2D eigenvalue weighted by atomic mass is 127. The van der Waals surface area contributed by atoms with Crippen molar-refractivity contribution in [1.29, 1.82) is 0 Å². The maximum Gasteiger partial charge on any atom is 0.105 e. The first-order chi connectivity index (χ1) is 6.35. The largest absolute Gasteiger partial charge is 0.381 e. The maximum atomic E-state index is 6.05. The van der Waals surface area contributed by atoms with E-state index in [1.165, 1.54) is 0 Å². The van der Waals surface area contributed by atoms with Crippen molar-refractivity contribution in [1.82, 2.24) is 0 Å². The van der Waals surface area contributed by atoms with Crippen LogP contribution in [0.25, 0.3) is 0 Å². The number of hydrogen-bond donors (Lipinski definition) is 0. The molecule has 0 bridgehead atoms. The van der Waals surface area contributed by atoms with Crippen molar-refractivity contribution in [3.05, 3.63) is 0 Å². The fourth-order valence-corrected chi connectivity index (χ4v) is 2.60. The average molecular weight is 298 g/mol. The smallest absolute Gasteiger partial charge is 0.105 e. The SMILES string of the molecule is ICC1(OC2COC2)CCOCC1. The second kappa shape index (κ2) is 4.42. The van der Waals surface area contributed by atoms with Crippen LogP contribution in [0.15, 0.2) is 0 Å². The van der Waals surface area contributed by atoms with Gasteiger partial charge in [-0.2, -0.15) is 0 Å². The van der Waals surface area contributed by atoms with Gasteiger partial charge in [0.1, 0.15) is 6.10 Å². The summed E-state index contributed by atoms with van der Waals surface area (Å²) in [6.45, 7) is 3.24. The lowest BCUT2D eigenvalue weighted by Crippen LogP contribution is -2.49. The van der Waals surface area contributed by atoms with Crippen LogP contribution < -0.4 is 0 Å². The van der Waals surface area contributed by atoms with Crippen molar-refractivity contribution in [2.24, 2.45) is 0 Å². The Balaban J connectivity index is 1.88. The fraction of sp³-hybridized carbons (Fsp3) is 1.00. The molecule has 0 unspecified atom stereocenters. The van der Waals surface area contributed by atoms with Crippen LogP contribution in [0, 0.1) is 0 Å². The summed E-state index contributed by atoms with van der Waals surface area (Å²) in [5, 5.41) is 0. The third-order valence-corrected chi connectivity index (χ3v) is 4.06.